The van der Waals surface area contributed by atoms with Gasteiger partial charge < -0.3 is 9.88 Å². The maximum atomic E-state index is 3.58. The highest BCUT2D eigenvalue weighted by Crippen LogP contribution is 2.28. The molecule has 0 spiro atoms. The van der Waals surface area contributed by atoms with Crippen LogP contribution in [0, 0.1) is 5.92 Å². The van der Waals surface area contributed by atoms with Crippen LogP contribution in [-0.2, 0) is 13.1 Å². The van der Waals surface area contributed by atoms with Gasteiger partial charge in [-0.05, 0) is 62.6 Å². The minimum absolute atomic E-state index is 0.167. The molecule has 1 aromatic carbocycles. The zero-order valence-electron chi connectivity index (χ0n) is 13.7. The van der Waals surface area contributed by atoms with Crippen LogP contribution in [0.5, 0.6) is 0 Å². The summed E-state index contributed by atoms with van der Waals surface area (Å²) >= 11 is 0. The van der Waals surface area contributed by atoms with Gasteiger partial charge in [0.2, 0.25) is 0 Å². The third-order valence-corrected chi connectivity index (χ3v) is 4.59. The molecule has 21 heavy (non-hydrogen) atoms. The lowest BCUT2D eigenvalue weighted by molar-refractivity contribution is 0.424. The Kier molecular flexibility index (Phi) is 4.08. The summed E-state index contributed by atoms with van der Waals surface area (Å²) in [6.45, 7) is 8.78. The van der Waals surface area contributed by atoms with Crippen molar-refractivity contribution in [3.05, 3.63) is 36.0 Å². The number of nitrogens with one attached hydrogen (secondary N) is 1. The first-order valence-electron chi connectivity index (χ1n) is 8.34. The van der Waals surface area contributed by atoms with Crippen LogP contribution in [0.25, 0.3) is 10.9 Å². The van der Waals surface area contributed by atoms with E-state index in [1.54, 1.807) is 0 Å². The highest BCUT2D eigenvalue weighted by molar-refractivity contribution is 5.80. The van der Waals surface area contributed by atoms with Crippen LogP contribution in [0.1, 0.15) is 52.0 Å². The second-order valence-corrected chi connectivity index (χ2v) is 7.62. The van der Waals surface area contributed by atoms with Crippen molar-refractivity contribution in [2.75, 3.05) is 0 Å². The zero-order chi connectivity index (χ0) is 14.9. The molecule has 1 fully saturated rings. The van der Waals surface area contributed by atoms with Crippen LogP contribution in [0.3, 0.4) is 0 Å². The Labute approximate surface area is 128 Å². The summed E-state index contributed by atoms with van der Waals surface area (Å²) in [4.78, 5) is 0. The van der Waals surface area contributed by atoms with Crippen LogP contribution < -0.4 is 5.32 Å². The number of aromatic nitrogens is 1. The Morgan fingerprint density at radius 3 is 2.62 bits per heavy atom. The number of fused-ring (bicyclic) bond motifs is 1. The number of hydrogen-bond donors (Lipinski definition) is 1. The SMILES string of the molecule is CC(C)(C)NCc1ccc2ccn(CC3CCCC3)c2c1. The van der Waals surface area contributed by atoms with E-state index < -0.39 is 0 Å². The maximum Gasteiger partial charge on any atom is 0.0483 e. The molecular formula is C19H28N2. The van der Waals surface area contributed by atoms with Crippen LogP contribution >= 0.6 is 0 Å². The van der Waals surface area contributed by atoms with E-state index in [0.29, 0.717) is 0 Å². The second kappa shape index (κ2) is 5.84. The molecule has 0 amide bonds. The van der Waals surface area contributed by atoms with Gasteiger partial charge in [0.1, 0.15) is 0 Å². The molecule has 1 aliphatic rings. The number of benzene rings is 1. The molecular weight excluding hydrogens is 256 g/mol. The summed E-state index contributed by atoms with van der Waals surface area (Å²) in [6, 6.07) is 9.13. The Hall–Kier alpha value is -1.28. The molecule has 0 atom stereocenters. The summed E-state index contributed by atoms with van der Waals surface area (Å²) in [5.74, 6) is 0.886. The molecule has 1 N–H and O–H groups in total. The molecule has 0 saturated heterocycles. The molecule has 0 radical (unpaired) electrons. The van der Waals surface area contributed by atoms with E-state index in [2.05, 4.69) is 61.1 Å². The smallest absolute Gasteiger partial charge is 0.0483 e. The highest BCUT2D eigenvalue weighted by Gasteiger charge is 2.16. The summed E-state index contributed by atoms with van der Waals surface area (Å²) in [5, 5.41) is 4.95. The van der Waals surface area contributed by atoms with E-state index >= 15 is 0 Å². The van der Waals surface area contributed by atoms with Crippen molar-refractivity contribution in [1.82, 2.24) is 9.88 Å². The molecule has 0 bridgehead atoms. The molecule has 2 nitrogen and oxygen atoms in total. The van der Waals surface area contributed by atoms with Gasteiger partial charge in [0.25, 0.3) is 0 Å². The second-order valence-electron chi connectivity index (χ2n) is 7.62. The Bertz CT molecular complexity index is 598. The molecule has 1 saturated carbocycles. The van der Waals surface area contributed by atoms with Crippen molar-refractivity contribution in [3.63, 3.8) is 0 Å². The lowest BCUT2D eigenvalue weighted by Crippen LogP contribution is -2.35. The molecule has 2 heteroatoms. The summed E-state index contributed by atoms with van der Waals surface area (Å²) in [5.41, 5.74) is 2.94. The summed E-state index contributed by atoms with van der Waals surface area (Å²) in [6.07, 6.45) is 7.93. The van der Waals surface area contributed by atoms with Crippen LogP contribution in [0.2, 0.25) is 0 Å². The van der Waals surface area contributed by atoms with E-state index in [1.807, 2.05) is 0 Å². The fraction of sp³-hybridized carbons (Fsp3) is 0.579. The topological polar surface area (TPSA) is 17.0 Å². The normalized spacial score (nSPS) is 16.9. The molecule has 114 valence electrons. The van der Waals surface area contributed by atoms with Gasteiger partial charge in [-0.15, -0.1) is 0 Å². The zero-order valence-corrected chi connectivity index (χ0v) is 13.7. The first kappa shape index (κ1) is 14.6. The fourth-order valence-electron chi connectivity index (χ4n) is 3.34. The van der Waals surface area contributed by atoms with Gasteiger partial charge in [0.15, 0.2) is 0 Å². The standard InChI is InChI=1S/C19H28N2/c1-19(2,3)20-13-16-8-9-17-10-11-21(18(17)12-16)14-15-6-4-5-7-15/h8-12,15,20H,4-7,13-14H2,1-3H3. The summed E-state index contributed by atoms with van der Waals surface area (Å²) < 4.78 is 2.46. The van der Waals surface area contributed by atoms with Gasteiger partial charge in [-0.1, -0.05) is 25.0 Å². The van der Waals surface area contributed by atoms with Crippen LogP contribution in [-0.4, -0.2) is 10.1 Å². The fourth-order valence-corrected chi connectivity index (χ4v) is 3.34. The number of nitrogens with zero attached hydrogens (tertiary/aromatic N) is 1. The molecule has 0 aliphatic heterocycles. The lowest BCUT2D eigenvalue weighted by Gasteiger charge is -2.20. The van der Waals surface area contributed by atoms with Crippen molar-refractivity contribution in [3.8, 4) is 0 Å². The van der Waals surface area contributed by atoms with Crippen molar-refractivity contribution < 1.29 is 0 Å². The first-order chi connectivity index (χ1) is 10.0. The molecule has 1 aromatic heterocycles. The third kappa shape index (κ3) is 3.68. The third-order valence-electron chi connectivity index (χ3n) is 4.59. The average molecular weight is 284 g/mol. The Morgan fingerprint density at radius 2 is 1.90 bits per heavy atom. The monoisotopic (exact) mass is 284 g/mol. The summed E-state index contributed by atoms with van der Waals surface area (Å²) in [7, 11) is 0. The van der Waals surface area contributed by atoms with E-state index in [9.17, 15) is 0 Å². The van der Waals surface area contributed by atoms with E-state index in [4.69, 9.17) is 0 Å². The Morgan fingerprint density at radius 1 is 1.14 bits per heavy atom. The van der Waals surface area contributed by atoms with Gasteiger partial charge in [-0.3, -0.25) is 0 Å². The quantitative estimate of drug-likeness (QED) is 0.859. The largest absolute Gasteiger partial charge is 0.347 e. The van der Waals surface area contributed by atoms with Crippen molar-refractivity contribution in [2.45, 2.75) is 65.1 Å². The maximum absolute atomic E-state index is 3.58. The predicted molar refractivity (Wildman–Crippen MR) is 90.5 cm³/mol. The molecule has 0 unspecified atom stereocenters. The Balaban J connectivity index is 1.78. The average Bonchev–Trinajstić information content (AvgIpc) is 3.06. The van der Waals surface area contributed by atoms with Gasteiger partial charge in [-0.25, -0.2) is 0 Å². The van der Waals surface area contributed by atoms with Gasteiger partial charge in [0.05, 0.1) is 0 Å². The lowest BCUT2D eigenvalue weighted by atomic mass is 10.1. The minimum atomic E-state index is 0.167. The van der Waals surface area contributed by atoms with Crippen LogP contribution in [0.15, 0.2) is 30.5 Å². The van der Waals surface area contributed by atoms with E-state index in [-0.39, 0.29) is 5.54 Å². The van der Waals surface area contributed by atoms with Crippen molar-refractivity contribution >= 4 is 10.9 Å². The minimum Gasteiger partial charge on any atom is -0.347 e. The van der Waals surface area contributed by atoms with Gasteiger partial charge >= 0.3 is 0 Å². The molecule has 3 rings (SSSR count). The number of rotatable bonds is 4. The van der Waals surface area contributed by atoms with Gasteiger partial charge in [-0.2, -0.15) is 0 Å². The van der Waals surface area contributed by atoms with Crippen molar-refractivity contribution in [2.24, 2.45) is 5.92 Å². The highest BCUT2D eigenvalue weighted by atomic mass is 15.0. The van der Waals surface area contributed by atoms with E-state index in [1.165, 1.54) is 48.7 Å². The van der Waals surface area contributed by atoms with Crippen molar-refractivity contribution in [1.29, 1.82) is 0 Å². The first-order valence-corrected chi connectivity index (χ1v) is 8.34. The van der Waals surface area contributed by atoms with Crippen LogP contribution in [0.4, 0.5) is 0 Å². The molecule has 1 heterocycles. The van der Waals surface area contributed by atoms with Gasteiger partial charge in [0, 0.05) is 30.3 Å². The predicted octanol–water partition coefficient (Wildman–Crippen LogP) is 4.72. The molecule has 1 aliphatic carbocycles. The molecule has 2 aromatic rings. The van der Waals surface area contributed by atoms with E-state index in [0.717, 1.165) is 12.5 Å². The number of hydrogen-bond acceptors (Lipinski definition) is 1.